The van der Waals surface area contributed by atoms with Crippen LogP contribution in [-0.4, -0.2) is 59.1 Å². The number of anilines is 2. The lowest BCUT2D eigenvalue weighted by Gasteiger charge is -2.47. The van der Waals surface area contributed by atoms with Gasteiger partial charge in [0.05, 0.1) is 23.4 Å². The second-order valence-electron chi connectivity index (χ2n) is 9.49. The number of aliphatic hydroxyl groups is 1. The maximum absolute atomic E-state index is 13.0. The van der Waals surface area contributed by atoms with Crippen LogP contribution < -0.4 is 16.0 Å². The van der Waals surface area contributed by atoms with Gasteiger partial charge in [-0.15, -0.1) is 0 Å². The molecule has 3 rings (SSSR count). The number of nitrogens with two attached hydrogens (primary N) is 1. The van der Waals surface area contributed by atoms with Crippen molar-refractivity contribution in [2.75, 3.05) is 29.9 Å². The first kappa shape index (κ1) is 26.1. The van der Waals surface area contributed by atoms with Crippen molar-refractivity contribution in [1.82, 2.24) is 4.90 Å². The molecule has 0 unspecified atom stereocenters. The molecule has 184 valence electrons. The molecule has 0 aliphatic carbocycles. The number of rotatable bonds is 8. The molecule has 1 heterocycles. The molecule has 0 radical (unpaired) electrons. The van der Waals surface area contributed by atoms with Gasteiger partial charge in [0.15, 0.2) is 0 Å². The molecule has 4 N–H and O–H groups in total. The first-order valence-corrected chi connectivity index (χ1v) is 11.7. The fourth-order valence-corrected chi connectivity index (χ4v) is 4.30. The summed E-state index contributed by atoms with van der Waals surface area (Å²) in [6.45, 7) is 6.59. The zero-order chi connectivity index (χ0) is 25.0. The average Bonchev–Trinajstić information content (AvgIpc) is 2.78. The van der Waals surface area contributed by atoms with Gasteiger partial charge in [0.2, 0.25) is 11.8 Å². The Morgan fingerprint density at radius 3 is 2.53 bits per heavy atom. The van der Waals surface area contributed by atoms with Crippen molar-refractivity contribution in [2.24, 2.45) is 11.7 Å². The number of hydrogen-bond acceptors (Lipinski definition) is 5. The highest BCUT2D eigenvalue weighted by Gasteiger charge is 2.40. The van der Waals surface area contributed by atoms with Crippen molar-refractivity contribution in [3.05, 3.63) is 59.4 Å². The number of halogens is 2. The monoisotopic (exact) mass is 490 g/mol. The Labute approximate surface area is 204 Å². The SMILES string of the molecule is C[C@H](C[C@H](O)[C@@H](N)CN1CC(=O)N(c2ccccc2Cl)CC1(C)C)C(=O)Nc1ccc(F)cc1. The predicted molar refractivity (Wildman–Crippen MR) is 132 cm³/mol. The highest BCUT2D eigenvalue weighted by atomic mass is 35.5. The van der Waals surface area contributed by atoms with E-state index in [4.69, 9.17) is 17.3 Å². The van der Waals surface area contributed by atoms with E-state index in [9.17, 15) is 19.1 Å². The number of hydrogen-bond donors (Lipinski definition) is 3. The molecule has 1 aliphatic heterocycles. The first-order valence-electron chi connectivity index (χ1n) is 11.3. The van der Waals surface area contributed by atoms with Gasteiger partial charge in [-0.1, -0.05) is 30.7 Å². The fourth-order valence-electron chi connectivity index (χ4n) is 4.06. The van der Waals surface area contributed by atoms with Crippen LogP contribution in [-0.2, 0) is 9.59 Å². The summed E-state index contributed by atoms with van der Waals surface area (Å²) in [5, 5.41) is 13.9. The number of para-hydroxylation sites is 1. The molecular weight excluding hydrogens is 459 g/mol. The number of aliphatic hydroxyl groups excluding tert-OH is 1. The van der Waals surface area contributed by atoms with E-state index in [1.54, 1.807) is 17.9 Å². The van der Waals surface area contributed by atoms with E-state index in [1.165, 1.54) is 24.3 Å². The van der Waals surface area contributed by atoms with Crippen molar-refractivity contribution in [3.63, 3.8) is 0 Å². The minimum absolute atomic E-state index is 0.0961. The van der Waals surface area contributed by atoms with E-state index in [2.05, 4.69) is 5.32 Å². The Morgan fingerprint density at radius 1 is 1.24 bits per heavy atom. The molecule has 0 aromatic heterocycles. The summed E-state index contributed by atoms with van der Waals surface area (Å²) in [6.07, 6.45) is -0.788. The van der Waals surface area contributed by atoms with Gasteiger partial charge in [0.1, 0.15) is 5.82 Å². The Bertz CT molecular complexity index is 1020. The summed E-state index contributed by atoms with van der Waals surface area (Å²) in [5.41, 5.74) is 7.04. The van der Waals surface area contributed by atoms with Gasteiger partial charge in [-0.3, -0.25) is 14.5 Å². The first-order chi connectivity index (χ1) is 16.0. The zero-order valence-corrected chi connectivity index (χ0v) is 20.4. The molecule has 0 spiro atoms. The van der Waals surface area contributed by atoms with E-state index in [0.717, 1.165) is 0 Å². The van der Waals surface area contributed by atoms with Gasteiger partial charge in [0.25, 0.3) is 0 Å². The number of amides is 2. The van der Waals surface area contributed by atoms with Gasteiger partial charge < -0.3 is 21.1 Å². The zero-order valence-electron chi connectivity index (χ0n) is 19.7. The van der Waals surface area contributed by atoms with E-state index in [-0.39, 0.29) is 30.6 Å². The molecule has 0 bridgehead atoms. The molecular formula is C25H32ClFN4O3. The Hall–Kier alpha value is -2.52. The van der Waals surface area contributed by atoms with E-state index >= 15 is 0 Å². The summed E-state index contributed by atoms with van der Waals surface area (Å²) in [7, 11) is 0. The standard InChI is InChI=1S/C25H32ClFN4O3/c1-16(24(34)29-18-10-8-17(27)9-11-18)12-22(32)20(28)13-30-14-23(33)31(15-25(30,2)3)21-7-5-4-6-19(21)26/h4-11,16,20,22,32H,12-15,28H2,1-3H3,(H,29,34)/t16-,20+,22+/m1/s1. The van der Waals surface area contributed by atoms with Crippen LogP contribution in [0.4, 0.5) is 15.8 Å². The van der Waals surface area contributed by atoms with Gasteiger partial charge in [-0.2, -0.15) is 0 Å². The van der Waals surface area contributed by atoms with Gasteiger partial charge in [-0.25, -0.2) is 4.39 Å². The van der Waals surface area contributed by atoms with Crippen molar-refractivity contribution in [3.8, 4) is 0 Å². The summed E-state index contributed by atoms with van der Waals surface area (Å²) in [6, 6.07) is 12.1. The quantitative estimate of drug-likeness (QED) is 0.527. The van der Waals surface area contributed by atoms with Crippen LogP contribution in [0.25, 0.3) is 0 Å². The van der Waals surface area contributed by atoms with Crippen molar-refractivity contribution >= 4 is 34.8 Å². The maximum Gasteiger partial charge on any atom is 0.241 e. The number of piperazine rings is 1. The van der Waals surface area contributed by atoms with E-state index in [1.807, 2.05) is 36.9 Å². The third-order valence-corrected chi connectivity index (χ3v) is 6.57. The number of carbonyl (C=O) groups excluding carboxylic acids is 2. The van der Waals surface area contributed by atoms with Gasteiger partial charge in [0, 0.05) is 36.3 Å². The highest BCUT2D eigenvalue weighted by molar-refractivity contribution is 6.33. The fraction of sp³-hybridized carbons (Fsp3) is 0.440. The molecule has 2 aromatic carbocycles. The lowest BCUT2D eigenvalue weighted by Crippen LogP contribution is -2.64. The summed E-state index contributed by atoms with van der Waals surface area (Å²) >= 11 is 6.30. The molecule has 3 atom stereocenters. The number of nitrogens with zero attached hydrogens (tertiary/aromatic N) is 2. The van der Waals surface area contributed by atoms with E-state index in [0.29, 0.717) is 29.5 Å². The van der Waals surface area contributed by atoms with Crippen LogP contribution in [0.15, 0.2) is 48.5 Å². The maximum atomic E-state index is 13.0. The highest BCUT2D eigenvalue weighted by Crippen LogP contribution is 2.31. The normalized spacial score (nSPS) is 18.9. The van der Waals surface area contributed by atoms with Crippen LogP contribution in [0.5, 0.6) is 0 Å². The topological polar surface area (TPSA) is 98.9 Å². The van der Waals surface area contributed by atoms with Crippen LogP contribution in [0, 0.1) is 11.7 Å². The minimum atomic E-state index is -0.943. The van der Waals surface area contributed by atoms with Crippen molar-refractivity contribution in [1.29, 1.82) is 0 Å². The third kappa shape index (κ3) is 6.33. The molecule has 2 aromatic rings. The van der Waals surface area contributed by atoms with Crippen LogP contribution in [0.2, 0.25) is 5.02 Å². The molecule has 34 heavy (non-hydrogen) atoms. The Balaban J connectivity index is 1.57. The van der Waals surface area contributed by atoms with Crippen LogP contribution >= 0.6 is 11.6 Å². The molecule has 7 nitrogen and oxygen atoms in total. The number of nitrogens with one attached hydrogen (secondary N) is 1. The average molecular weight is 491 g/mol. The van der Waals surface area contributed by atoms with Crippen LogP contribution in [0.1, 0.15) is 27.2 Å². The molecule has 0 saturated carbocycles. The lowest BCUT2D eigenvalue weighted by molar-refractivity contribution is -0.124. The second-order valence-corrected chi connectivity index (χ2v) is 9.90. The van der Waals surface area contributed by atoms with Crippen molar-refractivity contribution < 1.29 is 19.1 Å². The third-order valence-electron chi connectivity index (χ3n) is 6.25. The van der Waals surface area contributed by atoms with Crippen molar-refractivity contribution in [2.45, 2.75) is 44.9 Å². The number of carbonyl (C=O) groups is 2. The molecule has 1 saturated heterocycles. The van der Waals surface area contributed by atoms with Crippen LogP contribution in [0.3, 0.4) is 0 Å². The summed E-state index contributed by atoms with van der Waals surface area (Å²) in [5.74, 6) is -1.29. The Kier molecular flexibility index (Phi) is 8.30. The molecule has 2 amide bonds. The smallest absolute Gasteiger partial charge is 0.241 e. The van der Waals surface area contributed by atoms with Gasteiger partial charge >= 0.3 is 0 Å². The van der Waals surface area contributed by atoms with E-state index < -0.39 is 23.6 Å². The second kappa shape index (κ2) is 10.8. The van der Waals surface area contributed by atoms with Gasteiger partial charge in [-0.05, 0) is 56.7 Å². The largest absolute Gasteiger partial charge is 0.391 e. The molecule has 9 heteroatoms. The minimum Gasteiger partial charge on any atom is -0.391 e. The Morgan fingerprint density at radius 2 is 1.88 bits per heavy atom. The number of benzene rings is 2. The molecule has 1 aliphatic rings. The molecule has 1 fully saturated rings. The summed E-state index contributed by atoms with van der Waals surface area (Å²) < 4.78 is 13.0. The summed E-state index contributed by atoms with van der Waals surface area (Å²) in [4.78, 5) is 29.0. The predicted octanol–water partition coefficient (Wildman–Crippen LogP) is 3.26. The lowest BCUT2D eigenvalue weighted by atomic mass is 9.94.